The van der Waals surface area contributed by atoms with Crippen LogP contribution in [-0.4, -0.2) is 34.0 Å². The SMILES string of the molecule is CC(C)CN(C(C)C)C(CN)c1ccncn1. The molecule has 1 aromatic rings. The van der Waals surface area contributed by atoms with Crippen LogP contribution >= 0.6 is 0 Å². The van der Waals surface area contributed by atoms with E-state index in [0.717, 1.165) is 12.2 Å². The van der Waals surface area contributed by atoms with Crippen LogP contribution in [0.1, 0.15) is 39.4 Å². The Labute approximate surface area is 104 Å². The van der Waals surface area contributed by atoms with Gasteiger partial charge in [0, 0.05) is 25.3 Å². The van der Waals surface area contributed by atoms with E-state index in [1.165, 1.54) is 0 Å². The molecule has 96 valence electrons. The average Bonchev–Trinajstić information content (AvgIpc) is 2.29. The smallest absolute Gasteiger partial charge is 0.115 e. The summed E-state index contributed by atoms with van der Waals surface area (Å²) < 4.78 is 0. The zero-order valence-corrected chi connectivity index (χ0v) is 11.3. The zero-order chi connectivity index (χ0) is 12.8. The topological polar surface area (TPSA) is 55.0 Å². The van der Waals surface area contributed by atoms with Gasteiger partial charge in [-0.05, 0) is 25.8 Å². The number of nitrogens with two attached hydrogens (primary N) is 1. The summed E-state index contributed by atoms with van der Waals surface area (Å²) in [5.74, 6) is 0.619. The molecule has 0 aliphatic rings. The fraction of sp³-hybridized carbons (Fsp3) is 0.692. The molecular weight excluding hydrogens is 212 g/mol. The lowest BCUT2D eigenvalue weighted by molar-refractivity contribution is 0.135. The summed E-state index contributed by atoms with van der Waals surface area (Å²) in [6.07, 6.45) is 3.37. The monoisotopic (exact) mass is 236 g/mol. The van der Waals surface area contributed by atoms with Crippen LogP contribution in [0.15, 0.2) is 18.6 Å². The van der Waals surface area contributed by atoms with Gasteiger partial charge >= 0.3 is 0 Å². The fourth-order valence-corrected chi connectivity index (χ4v) is 2.04. The summed E-state index contributed by atoms with van der Waals surface area (Å²) in [6.45, 7) is 10.5. The van der Waals surface area contributed by atoms with Crippen molar-refractivity contribution in [2.45, 2.75) is 39.8 Å². The lowest BCUT2D eigenvalue weighted by Crippen LogP contribution is -2.41. The number of hydrogen-bond donors (Lipinski definition) is 1. The minimum atomic E-state index is 0.181. The van der Waals surface area contributed by atoms with Gasteiger partial charge in [-0.2, -0.15) is 0 Å². The molecule has 0 aliphatic carbocycles. The fourth-order valence-electron chi connectivity index (χ4n) is 2.04. The summed E-state index contributed by atoms with van der Waals surface area (Å²) in [7, 11) is 0. The predicted molar refractivity (Wildman–Crippen MR) is 70.5 cm³/mol. The lowest BCUT2D eigenvalue weighted by atomic mass is 10.1. The molecule has 0 saturated heterocycles. The second-order valence-electron chi connectivity index (χ2n) is 5.07. The van der Waals surface area contributed by atoms with Gasteiger partial charge in [-0.15, -0.1) is 0 Å². The molecule has 0 spiro atoms. The van der Waals surface area contributed by atoms with E-state index in [1.807, 2.05) is 6.07 Å². The molecule has 0 radical (unpaired) electrons. The molecule has 1 atom stereocenters. The van der Waals surface area contributed by atoms with E-state index in [2.05, 4.69) is 42.6 Å². The van der Waals surface area contributed by atoms with E-state index in [-0.39, 0.29) is 6.04 Å². The van der Waals surface area contributed by atoms with Crippen molar-refractivity contribution in [1.82, 2.24) is 14.9 Å². The molecule has 4 heteroatoms. The summed E-state index contributed by atoms with van der Waals surface area (Å²) in [4.78, 5) is 10.7. The Morgan fingerprint density at radius 2 is 2.00 bits per heavy atom. The molecule has 0 amide bonds. The van der Waals surface area contributed by atoms with Crippen LogP contribution < -0.4 is 5.73 Å². The third-order valence-corrected chi connectivity index (χ3v) is 2.81. The van der Waals surface area contributed by atoms with Crippen molar-refractivity contribution < 1.29 is 0 Å². The van der Waals surface area contributed by atoms with Gasteiger partial charge in [-0.3, -0.25) is 4.90 Å². The van der Waals surface area contributed by atoms with Crippen molar-refractivity contribution in [3.8, 4) is 0 Å². The zero-order valence-electron chi connectivity index (χ0n) is 11.3. The molecule has 0 bridgehead atoms. The van der Waals surface area contributed by atoms with E-state index in [4.69, 9.17) is 5.73 Å². The van der Waals surface area contributed by atoms with Crippen LogP contribution in [0.2, 0.25) is 0 Å². The highest BCUT2D eigenvalue weighted by atomic mass is 15.2. The number of aromatic nitrogens is 2. The van der Waals surface area contributed by atoms with Crippen molar-refractivity contribution in [2.75, 3.05) is 13.1 Å². The Morgan fingerprint density at radius 1 is 1.29 bits per heavy atom. The number of rotatable bonds is 6. The molecule has 4 nitrogen and oxygen atoms in total. The van der Waals surface area contributed by atoms with E-state index in [0.29, 0.717) is 18.5 Å². The van der Waals surface area contributed by atoms with Crippen molar-refractivity contribution in [2.24, 2.45) is 11.7 Å². The average molecular weight is 236 g/mol. The molecule has 1 heterocycles. The van der Waals surface area contributed by atoms with E-state index >= 15 is 0 Å². The first-order valence-corrected chi connectivity index (χ1v) is 6.28. The second kappa shape index (κ2) is 6.67. The van der Waals surface area contributed by atoms with Crippen LogP contribution in [-0.2, 0) is 0 Å². The molecule has 2 N–H and O–H groups in total. The van der Waals surface area contributed by atoms with Crippen LogP contribution in [0.5, 0.6) is 0 Å². The van der Waals surface area contributed by atoms with Crippen LogP contribution in [0.25, 0.3) is 0 Å². The van der Waals surface area contributed by atoms with Crippen LogP contribution in [0.3, 0.4) is 0 Å². The third kappa shape index (κ3) is 4.06. The third-order valence-electron chi connectivity index (χ3n) is 2.81. The van der Waals surface area contributed by atoms with Gasteiger partial charge < -0.3 is 5.73 Å². The quantitative estimate of drug-likeness (QED) is 0.819. The first-order chi connectivity index (χ1) is 8.06. The lowest BCUT2D eigenvalue weighted by Gasteiger charge is -2.35. The minimum Gasteiger partial charge on any atom is -0.329 e. The van der Waals surface area contributed by atoms with Crippen molar-refractivity contribution >= 4 is 0 Å². The molecule has 0 fully saturated rings. The second-order valence-corrected chi connectivity index (χ2v) is 5.07. The summed E-state index contributed by atoms with van der Waals surface area (Å²) in [5.41, 5.74) is 6.93. The normalized spacial score (nSPS) is 13.6. The van der Waals surface area contributed by atoms with Gasteiger partial charge in [-0.1, -0.05) is 13.8 Å². The van der Waals surface area contributed by atoms with E-state index in [9.17, 15) is 0 Å². The van der Waals surface area contributed by atoms with Crippen molar-refractivity contribution in [1.29, 1.82) is 0 Å². The van der Waals surface area contributed by atoms with Gasteiger partial charge in [0.1, 0.15) is 6.33 Å². The van der Waals surface area contributed by atoms with E-state index < -0.39 is 0 Å². The number of hydrogen-bond acceptors (Lipinski definition) is 4. The molecular formula is C13H24N4. The molecule has 0 aromatic carbocycles. The Hall–Kier alpha value is -1.00. The van der Waals surface area contributed by atoms with Gasteiger partial charge in [0.2, 0.25) is 0 Å². The predicted octanol–water partition coefficient (Wildman–Crippen LogP) is 1.84. The Kier molecular flexibility index (Phi) is 5.51. The molecule has 17 heavy (non-hydrogen) atoms. The first kappa shape index (κ1) is 14.1. The molecule has 1 rings (SSSR count). The minimum absolute atomic E-state index is 0.181. The first-order valence-electron chi connectivity index (χ1n) is 6.28. The maximum absolute atomic E-state index is 5.92. The van der Waals surface area contributed by atoms with E-state index in [1.54, 1.807) is 12.5 Å². The summed E-state index contributed by atoms with van der Waals surface area (Å²) >= 11 is 0. The van der Waals surface area contributed by atoms with Crippen molar-refractivity contribution in [3.05, 3.63) is 24.3 Å². The Balaban J connectivity index is 2.89. The largest absolute Gasteiger partial charge is 0.329 e. The number of nitrogens with zero attached hydrogens (tertiary/aromatic N) is 3. The van der Waals surface area contributed by atoms with Gasteiger partial charge in [0.05, 0.1) is 11.7 Å². The van der Waals surface area contributed by atoms with Gasteiger partial charge in [-0.25, -0.2) is 9.97 Å². The maximum Gasteiger partial charge on any atom is 0.115 e. The highest BCUT2D eigenvalue weighted by molar-refractivity contribution is 5.06. The van der Waals surface area contributed by atoms with Gasteiger partial charge in [0.15, 0.2) is 0 Å². The Morgan fingerprint density at radius 3 is 2.41 bits per heavy atom. The van der Waals surface area contributed by atoms with Crippen LogP contribution in [0, 0.1) is 5.92 Å². The molecule has 0 aliphatic heterocycles. The highest BCUT2D eigenvalue weighted by Gasteiger charge is 2.23. The van der Waals surface area contributed by atoms with Crippen LogP contribution in [0.4, 0.5) is 0 Å². The molecule has 0 saturated carbocycles. The van der Waals surface area contributed by atoms with Gasteiger partial charge in [0.25, 0.3) is 0 Å². The highest BCUT2D eigenvalue weighted by Crippen LogP contribution is 2.21. The standard InChI is InChI=1S/C13H24N4/c1-10(2)8-17(11(3)4)13(7-14)12-5-6-15-9-16-12/h5-6,9-11,13H,7-8,14H2,1-4H3. The van der Waals surface area contributed by atoms with Crippen molar-refractivity contribution in [3.63, 3.8) is 0 Å². The molecule has 1 aromatic heterocycles. The summed E-state index contributed by atoms with van der Waals surface area (Å²) in [5, 5.41) is 0. The Bertz CT molecular complexity index is 310. The maximum atomic E-state index is 5.92. The summed E-state index contributed by atoms with van der Waals surface area (Å²) in [6, 6.07) is 2.59. The molecule has 1 unspecified atom stereocenters.